The van der Waals surface area contributed by atoms with E-state index in [0.29, 0.717) is 12.0 Å². The van der Waals surface area contributed by atoms with Crippen LogP contribution in [0.5, 0.6) is 0 Å². The SMILES string of the molecule is CC(Cc1ccc(F)c(F)c1)NCC(=O)O. The van der Waals surface area contributed by atoms with Gasteiger partial charge in [0, 0.05) is 6.04 Å². The summed E-state index contributed by atoms with van der Waals surface area (Å²) in [6.45, 7) is 1.63. The van der Waals surface area contributed by atoms with Crippen molar-refractivity contribution in [1.29, 1.82) is 0 Å². The maximum atomic E-state index is 12.9. The van der Waals surface area contributed by atoms with Gasteiger partial charge in [0.2, 0.25) is 0 Å². The fourth-order valence-corrected chi connectivity index (χ4v) is 1.35. The highest BCUT2D eigenvalue weighted by Gasteiger charge is 2.07. The highest BCUT2D eigenvalue weighted by atomic mass is 19.2. The summed E-state index contributed by atoms with van der Waals surface area (Å²) in [5, 5.41) is 11.2. The van der Waals surface area contributed by atoms with E-state index >= 15 is 0 Å². The standard InChI is InChI=1S/C11H13F2NO2/c1-7(14-6-11(15)16)4-8-2-3-9(12)10(13)5-8/h2-3,5,7,14H,4,6H2,1H3,(H,15,16). The highest BCUT2D eigenvalue weighted by molar-refractivity contribution is 5.69. The molecule has 0 saturated carbocycles. The Hall–Kier alpha value is -1.49. The number of halogens is 2. The summed E-state index contributed by atoms with van der Waals surface area (Å²) in [7, 11) is 0. The molecule has 16 heavy (non-hydrogen) atoms. The van der Waals surface area contributed by atoms with Crippen molar-refractivity contribution in [2.24, 2.45) is 0 Å². The van der Waals surface area contributed by atoms with Crippen molar-refractivity contribution in [3.05, 3.63) is 35.4 Å². The molecule has 0 fully saturated rings. The molecule has 1 unspecified atom stereocenters. The van der Waals surface area contributed by atoms with Crippen LogP contribution in [0.3, 0.4) is 0 Å². The molecule has 1 atom stereocenters. The van der Waals surface area contributed by atoms with Gasteiger partial charge >= 0.3 is 5.97 Å². The predicted molar refractivity (Wildman–Crippen MR) is 55.2 cm³/mol. The minimum atomic E-state index is -0.947. The van der Waals surface area contributed by atoms with E-state index in [-0.39, 0.29) is 12.6 Å². The van der Waals surface area contributed by atoms with Gasteiger partial charge in [-0.3, -0.25) is 4.79 Å². The lowest BCUT2D eigenvalue weighted by Gasteiger charge is -2.12. The van der Waals surface area contributed by atoms with E-state index in [9.17, 15) is 13.6 Å². The molecule has 3 nitrogen and oxygen atoms in total. The molecule has 1 rings (SSSR count). The van der Waals surface area contributed by atoms with E-state index in [1.54, 1.807) is 6.92 Å². The Morgan fingerprint density at radius 1 is 1.44 bits per heavy atom. The second-order valence-corrected chi connectivity index (χ2v) is 3.63. The van der Waals surface area contributed by atoms with Crippen molar-refractivity contribution in [3.63, 3.8) is 0 Å². The topological polar surface area (TPSA) is 49.3 Å². The summed E-state index contributed by atoms with van der Waals surface area (Å²) in [4.78, 5) is 10.3. The van der Waals surface area contributed by atoms with Crippen molar-refractivity contribution in [1.82, 2.24) is 5.32 Å². The van der Waals surface area contributed by atoms with E-state index in [1.807, 2.05) is 0 Å². The Kier molecular flexibility index (Phi) is 4.37. The van der Waals surface area contributed by atoms with Crippen molar-refractivity contribution in [2.75, 3.05) is 6.54 Å². The zero-order valence-corrected chi connectivity index (χ0v) is 8.84. The molecular formula is C11H13F2NO2. The number of carboxylic acids is 1. The Morgan fingerprint density at radius 2 is 2.12 bits per heavy atom. The number of aliphatic carboxylic acids is 1. The number of rotatable bonds is 5. The third kappa shape index (κ3) is 3.94. The Balaban J connectivity index is 2.52. The van der Waals surface area contributed by atoms with Crippen molar-refractivity contribution < 1.29 is 18.7 Å². The summed E-state index contributed by atoms with van der Waals surface area (Å²) in [5.74, 6) is -2.71. The maximum Gasteiger partial charge on any atom is 0.317 e. The van der Waals surface area contributed by atoms with Crippen LogP contribution in [-0.2, 0) is 11.2 Å². The summed E-state index contributed by atoms with van der Waals surface area (Å²) < 4.78 is 25.5. The molecule has 0 bridgehead atoms. The van der Waals surface area contributed by atoms with Gasteiger partial charge in [-0.1, -0.05) is 6.07 Å². The fourth-order valence-electron chi connectivity index (χ4n) is 1.35. The second kappa shape index (κ2) is 5.55. The van der Waals surface area contributed by atoms with Crippen molar-refractivity contribution in [3.8, 4) is 0 Å². The molecule has 5 heteroatoms. The molecule has 0 radical (unpaired) electrons. The zero-order valence-electron chi connectivity index (χ0n) is 8.84. The first-order valence-corrected chi connectivity index (χ1v) is 4.88. The lowest BCUT2D eigenvalue weighted by atomic mass is 10.1. The molecule has 0 aromatic heterocycles. The van der Waals surface area contributed by atoms with E-state index < -0.39 is 17.6 Å². The summed E-state index contributed by atoms with van der Waals surface area (Å²) >= 11 is 0. The molecule has 1 aromatic carbocycles. The Morgan fingerprint density at radius 3 is 2.69 bits per heavy atom. The molecule has 0 aliphatic rings. The van der Waals surface area contributed by atoms with E-state index in [1.165, 1.54) is 6.07 Å². The molecule has 0 heterocycles. The monoisotopic (exact) mass is 229 g/mol. The van der Waals surface area contributed by atoms with Gasteiger partial charge in [0.25, 0.3) is 0 Å². The van der Waals surface area contributed by atoms with Crippen molar-refractivity contribution in [2.45, 2.75) is 19.4 Å². The lowest BCUT2D eigenvalue weighted by molar-refractivity contribution is -0.136. The maximum absolute atomic E-state index is 12.9. The van der Waals surface area contributed by atoms with Crippen LogP contribution >= 0.6 is 0 Å². The first kappa shape index (κ1) is 12.6. The summed E-state index contributed by atoms with van der Waals surface area (Å²) in [5.41, 5.74) is 0.629. The first-order chi connectivity index (χ1) is 7.49. The number of hydrogen-bond acceptors (Lipinski definition) is 2. The molecular weight excluding hydrogens is 216 g/mol. The van der Waals surface area contributed by atoms with Crippen LogP contribution in [0, 0.1) is 11.6 Å². The molecule has 88 valence electrons. The molecule has 0 saturated heterocycles. The first-order valence-electron chi connectivity index (χ1n) is 4.88. The quantitative estimate of drug-likeness (QED) is 0.805. The van der Waals surface area contributed by atoms with Crippen LogP contribution < -0.4 is 5.32 Å². The number of nitrogens with one attached hydrogen (secondary N) is 1. The van der Waals surface area contributed by atoms with Gasteiger partial charge < -0.3 is 10.4 Å². The van der Waals surface area contributed by atoms with Crippen molar-refractivity contribution >= 4 is 5.97 Å². The van der Waals surface area contributed by atoms with Gasteiger partial charge in [-0.05, 0) is 31.0 Å². The van der Waals surface area contributed by atoms with Crippen LogP contribution in [0.15, 0.2) is 18.2 Å². The van der Waals surface area contributed by atoms with Gasteiger partial charge in [0.1, 0.15) is 0 Å². The van der Waals surface area contributed by atoms with Crippen LogP contribution in [0.4, 0.5) is 8.78 Å². The second-order valence-electron chi connectivity index (χ2n) is 3.63. The van der Waals surface area contributed by atoms with Crippen LogP contribution in [0.25, 0.3) is 0 Å². The minimum Gasteiger partial charge on any atom is -0.480 e. The molecule has 2 N–H and O–H groups in total. The summed E-state index contributed by atoms with van der Waals surface area (Å²) in [6.07, 6.45) is 0.449. The van der Waals surface area contributed by atoms with Crippen LogP contribution in [0.1, 0.15) is 12.5 Å². The number of hydrogen-bond donors (Lipinski definition) is 2. The smallest absolute Gasteiger partial charge is 0.317 e. The average Bonchev–Trinajstić information content (AvgIpc) is 2.21. The predicted octanol–water partition coefficient (Wildman–Crippen LogP) is 1.57. The third-order valence-corrected chi connectivity index (χ3v) is 2.13. The summed E-state index contributed by atoms with van der Waals surface area (Å²) in [6, 6.07) is 3.56. The normalized spacial score (nSPS) is 12.4. The Bertz CT molecular complexity index is 382. The van der Waals surface area contributed by atoms with E-state index in [4.69, 9.17) is 5.11 Å². The Labute approximate surface area is 92.1 Å². The van der Waals surface area contributed by atoms with E-state index in [2.05, 4.69) is 5.32 Å². The zero-order chi connectivity index (χ0) is 12.1. The highest BCUT2D eigenvalue weighted by Crippen LogP contribution is 2.10. The largest absolute Gasteiger partial charge is 0.480 e. The van der Waals surface area contributed by atoms with Gasteiger partial charge in [0.15, 0.2) is 11.6 Å². The van der Waals surface area contributed by atoms with Crippen LogP contribution in [-0.4, -0.2) is 23.7 Å². The van der Waals surface area contributed by atoms with Crippen LogP contribution in [0.2, 0.25) is 0 Å². The molecule has 0 spiro atoms. The third-order valence-electron chi connectivity index (χ3n) is 2.13. The molecule has 0 aliphatic carbocycles. The van der Waals surface area contributed by atoms with Gasteiger partial charge in [0.05, 0.1) is 6.54 Å². The number of benzene rings is 1. The molecule has 0 aliphatic heterocycles. The molecule has 0 amide bonds. The average molecular weight is 229 g/mol. The van der Waals surface area contributed by atoms with Gasteiger partial charge in [-0.15, -0.1) is 0 Å². The minimum absolute atomic E-state index is 0.110. The number of carboxylic acid groups (broad SMARTS) is 1. The lowest BCUT2D eigenvalue weighted by Crippen LogP contribution is -2.32. The van der Waals surface area contributed by atoms with Gasteiger partial charge in [-0.25, -0.2) is 8.78 Å². The van der Waals surface area contributed by atoms with E-state index in [0.717, 1.165) is 12.1 Å². The molecule has 1 aromatic rings. The van der Waals surface area contributed by atoms with Gasteiger partial charge in [-0.2, -0.15) is 0 Å². The fraction of sp³-hybridized carbons (Fsp3) is 0.364. The number of carbonyl (C=O) groups is 1.